The van der Waals surface area contributed by atoms with Gasteiger partial charge in [0.1, 0.15) is 0 Å². The number of nitro groups is 1. The van der Waals surface area contributed by atoms with Crippen LogP contribution >= 0.6 is 0 Å². The van der Waals surface area contributed by atoms with Crippen molar-refractivity contribution in [3.63, 3.8) is 0 Å². The van der Waals surface area contributed by atoms with Gasteiger partial charge in [-0.3, -0.25) is 10.1 Å². The Morgan fingerprint density at radius 1 is 1.42 bits per heavy atom. The lowest BCUT2D eigenvalue weighted by atomic mass is 9.92. The molecule has 0 N–H and O–H groups in total. The van der Waals surface area contributed by atoms with Crippen LogP contribution in [0.5, 0.6) is 0 Å². The monoisotopic (exact) mass is 262 g/mol. The molecule has 102 valence electrons. The third-order valence-electron chi connectivity index (χ3n) is 4.30. The quantitative estimate of drug-likeness (QED) is 0.597. The van der Waals surface area contributed by atoms with Gasteiger partial charge in [0.25, 0.3) is 0 Å². The summed E-state index contributed by atoms with van der Waals surface area (Å²) in [5.74, 6) is 1.19. The Kier molecular flexibility index (Phi) is 3.10. The Morgan fingerprint density at radius 2 is 2.21 bits per heavy atom. The molecule has 0 aliphatic carbocycles. The maximum Gasteiger partial charge on any atom is 0.311 e. The fraction of sp³-hybridized carbons (Fsp3) is 0.615. The first-order valence-electron chi connectivity index (χ1n) is 6.71. The van der Waals surface area contributed by atoms with E-state index in [-0.39, 0.29) is 10.6 Å². The molecule has 0 bridgehead atoms. The molecule has 2 saturated heterocycles. The van der Waals surface area contributed by atoms with Gasteiger partial charge in [-0.15, -0.1) is 0 Å². The van der Waals surface area contributed by atoms with Crippen LogP contribution in [0, 0.1) is 16.0 Å². The first kappa shape index (κ1) is 12.3. The van der Waals surface area contributed by atoms with E-state index in [1.807, 2.05) is 0 Å². The van der Waals surface area contributed by atoms with E-state index in [1.54, 1.807) is 18.3 Å². The zero-order chi connectivity index (χ0) is 13.4. The third kappa shape index (κ3) is 2.16. The lowest BCUT2D eigenvalue weighted by Gasteiger charge is -2.36. The second-order valence-electron chi connectivity index (χ2n) is 5.46. The van der Waals surface area contributed by atoms with Gasteiger partial charge >= 0.3 is 5.69 Å². The molecule has 3 heterocycles. The standard InChI is InChI=1S/C13H18N4O2/c1-15-7-4-10-5-8-16(12(10)9-15)13-11(17(18)19)3-2-6-14-13/h2-3,6,10,12H,4-5,7-9H2,1H3/t10-,12-/m1/s1. The molecule has 2 fully saturated rings. The van der Waals surface area contributed by atoms with Crippen LogP contribution in [-0.4, -0.2) is 47.5 Å². The molecule has 2 aliphatic heterocycles. The number of anilines is 1. The molecule has 0 aromatic carbocycles. The predicted octanol–water partition coefficient (Wildman–Crippen LogP) is 1.52. The van der Waals surface area contributed by atoms with Gasteiger partial charge in [0.15, 0.2) is 0 Å². The number of likely N-dealkylation sites (tertiary alicyclic amines) is 1. The number of hydrogen-bond donors (Lipinski definition) is 0. The second kappa shape index (κ2) is 4.77. The molecule has 2 atom stereocenters. The Bertz CT molecular complexity index is 493. The molecule has 0 radical (unpaired) electrons. The topological polar surface area (TPSA) is 62.5 Å². The number of piperidine rings is 1. The molecule has 1 aromatic heterocycles. The lowest BCUT2D eigenvalue weighted by molar-refractivity contribution is -0.384. The van der Waals surface area contributed by atoms with Crippen LogP contribution in [0.4, 0.5) is 11.5 Å². The van der Waals surface area contributed by atoms with E-state index in [9.17, 15) is 10.1 Å². The highest BCUT2D eigenvalue weighted by molar-refractivity contribution is 5.58. The summed E-state index contributed by atoms with van der Waals surface area (Å²) in [4.78, 5) is 19.5. The average molecular weight is 262 g/mol. The number of nitrogens with zero attached hydrogens (tertiary/aromatic N) is 4. The molecule has 6 heteroatoms. The van der Waals surface area contributed by atoms with Gasteiger partial charge in [-0.1, -0.05) is 0 Å². The molecule has 1 aromatic rings. The minimum Gasteiger partial charge on any atom is -0.346 e. The number of rotatable bonds is 2. The smallest absolute Gasteiger partial charge is 0.311 e. The van der Waals surface area contributed by atoms with E-state index >= 15 is 0 Å². The zero-order valence-electron chi connectivity index (χ0n) is 11.0. The molecule has 0 amide bonds. The van der Waals surface area contributed by atoms with Crippen LogP contribution in [-0.2, 0) is 0 Å². The van der Waals surface area contributed by atoms with Gasteiger partial charge < -0.3 is 9.80 Å². The number of hydrogen-bond acceptors (Lipinski definition) is 5. The van der Waals surface area contributed by atoms with E-state index in [1.165, 1.54) is 6.42 Å². The zero-order valence-corrected chi connectivity index (χ0v) is 11.0. The molecule has 19 heavy (non-hydrogen) atoms. The molecule has 0 unspecified atom stereocenters. The van der Waals surface area contributed by atoms with Crippen LogP contribution in [0.15, 0.2) is 18.3 Å². The van der Waals surface area contributed by atoms with E-state index in [2.05, 4.69) is 21.8 Å². The van der Waals surface area contributed by atoms with E-state index in [0.717, 1.165) is 26.1 Å². The fourth-order valence-electron chi connectivity index (χ4n) is 3.31. The minimum absolute atomic E-state index is 0.122. The first-order valence-corrected chi connectivity index (χ1v) is 6.71. The Hall–Kier alpha value is -1.69. The van der Waals surface area contributed by atoms with Crippen LogP contribution in [0.2, 0.25) is 0 Å². The Morgan fingerprint density at radius 3 is 3.00 bits per heavy atom. The highest BCUT2D eigenvalue weighted by atomic mass is 16.6. The summed E-state index contributed by atoms with van der Waals surface area (Å²) in [7, 11) is 2.11. The summed E-state index contributed by atoms with van der Waals surface area (Å²) >= 11 is 0. The normalized spacial score (nSPS) is 27.3. The van der Waals surface area contributed by atoms with Crippen LogP contribution < -0.4 is 4.90 Å². The number of likely N-dealkylation sites (N-methyl/N-ethyl adjacent to an activating group) is 1. The molecule has 6 nitrogen and oxygen atoms in total. The molecule has 0 spiro atoms. The van der Waals surface area contributed by atoms with Crippen LogP contribution in [0.25, 0.3) is 0 Å². The first-order chi connectivity index (χ1) is 9.16. The Labute approximate surface area is 112 Å². The molecular weight excluding hydrogens is 244 g/mol. The summed E-state index contributed by atoms with van der Waals surface area (Å²) in [6.07, 6.45) is 3.94. The number of fused-ring (bicyclic) bond motifs is 1. The fourth-order valence-corrected chi connectivity index (χ4v) is 3.31. The minimum atomic E-state index is -0.331. The maximum atomic E-state index is 11.1. The van der Waals surface area contributed by atoms with Crippen molar-refractivity contribution in [2.45, 2.75) is 18.9 Å². The van der Waals surface area contributed by atoms with Crippen molar-refractivity contribution in [3.8, 4) is 0 Å². The average Bonchev–Trinajstić information content (AvgIpc) is 2.81. The molecular formula is C13H18N4O2. The van der Waals surface area contributed by atoms with Crippen molar-refractivity contribution in [3.05, 3.63) is 28.4 Å². The third-order valence-corrected chi connectivity index (χ3v) is 4.30. The van der Waals surface area contributed by atoms with Gasteiger partial charge in [-0.25, -0.2) is 4.98 Å². The van der Waals surface area contributed by atoms with Gasteiger partial charge in [0, 0.05) is 31.4 Å². The summed E-state index contributed by atoms with van der Waals surface area (Å²) in [6.45, 7) is 2.97. The largest absolute Gasteiger partial charge is 0.346 e. The number of pyridine rings is 1. The van der Waals surface area contributed by atoms with Crippen molar-refractivity contribution in [2.75, 3.05) is 31.6 Å². The second-order valence-corrected chi connectivity index (χ2v) is 5.46. The van der Waals surface area contributed by atoms with E-state index in [4.69, 9.17) is 0 Å². The summed E-state index contributed by atoms with van der Waals surface area (Å²) < 4.78 is 0. The van der Waals surface area contributed by atoms with E-state index < -0.39 is 0 Å². The van der Waals surface area contributed by atoms with Crippen molar-refractivity contribution >= 4 is 11.5 Å². The molecule has 2 aliphatic rings. The highest BCUT2D eigenvalue weighted by Crippen LogP contribution is 2.37. The number of aromatic nitrogens is 1. The van der Waals surface area contributed by atoms with Gasteiger partial charge in [0.2, 0.25) is 5.82 Å². The predicted molar refractivity (Wildman–Crippen MR) is 72.2 cm³/mol. The van der Waals surface area contributed by atoms with Crippen molar-refractivity contribution < 1.29 is 4.92 Å². The molecule has 3 rings (SSSR count). The maximum absolute atomic E-state index is 11.1. The van der Waals surface area contributed by atoms with Crippen LogP contribution in [0.1, 0.15) is 12.8 Å². The molecule has 0 saturated carbocycles. The lowest BCUT2D eigenvalue weighted by Crippen LogP contribution is -2.47. The summed E-state index contributed by atoms with van der Waals surface area (Å²) in [5.41, 5.74) is 0.122. The summed E-state index contributed by atoms with van der Waals surface area (Å²) in [5, 5.41) is 11.1. The Balaban J connectivity index is 1.92. The van der Waals surface area contributed by atoms with Gasteiger partial charge in [-0.05, 0) is 38.4 Å². The van der Waals surface area contributed by atoms with Gasteiger partial charge in [0.05, 0.1) is 4.92 Å². The highest BCUT2D eigenvalue weighted by Gasteiger charge is 2.40. The summed E-state index contributed by atoms with van der Waals surface area (Å²) in [6, 6.07) is 3.54. The van der Waals surface area contributed by atoms with Crippen molar-refractivity contribution in [1.82, 2.24) is 9.88 Å². The van der Waals surface area contributed by atoms with Gasteiger partial charge in [-0.2, -0.15) is 0 Å². The van der Waals surface area contributed by atoms with Crippen LogP contribution in [0.3, 0.4) is 0 Å². The van der Waals surface area contributed by atoms with Crippen molar-refractivity contribution in [1.29, 1.82) is 0 Å². The SMILES string of the molecule is CN1CC[C@@H]2CCN(c3ncccc3[N+](=O)[O-])[C@@H]2C1. The van der Waals surface area contributed by atoms with E-state index in [0.29, 0.717) is 17.8 Å². The van der Waals surface area contributed by atoms with Crippen molar-refractivity contribution in [2.24, 2.45) is 5.92 Å².